The summed E-state index contributed by atoms with van der Waals surface area (Å²) in [6.07, 6.45) is 1.37. The quantitative estimate of drug-likeness (QED) is 0.730. The van der Waals surface area contributed by atoms with Gasteiger partial charge in [0.15, 0.2) is 5.78 Å². The summed E-state index contributed by atoms with van der Waals surface area (Å²) in [5.74, 6) is -0.365. The molecule has 1 atom stereocenters. The molecule has 1 aromatic carbocycles. The van der Waals surface area contributed by atoms with Crippen LogP contribution in [-0.4, -0.2) is 16.9 Å². The summed E-state index contributed by atoms with van der Waals surface area (Å²) in [5.41, 5.74) is 0.561. The van der Waals surface area contributed by atoms with Gasteiger partial charge in [0.1, 0.15) is 11.5 Å². The van der Waals surface area contributed by atoms with Gasteiger partial charge in [-0.15, -0.1) is 0 Å². The Labute approximate surface area is 110 Å². The van der Waals surface area contributed by atoms with Crippen molar-refractivity contribution in [2.45, 2.75) is 5.78 Å². The van der Waals surface area contributed by atoms with Crippen molar-refractivity contribution in [2.75, 3.05) is 12.4 Å². The molecule has 0 fully saturated rings. The molecular weight excluding hydrogens is 269 g/mol. The molecule has 1 aromatic heterocycles. The number of rotatable bonds is 5. The minimum absolute atomic E-state index is 0.184. The van der Waals surface area contributed by atoms with Crippen LogP contribution in [0.4, 0.5) is 5.69 Å². The Morgan fingerprint density at radius 1 is 1.26 bits per heavy atom. The Balaban J connectivity index is 2.23. The van der Waals surface area contributed by atoms with Gasteiger partial charge in [-0.05, 0) is 36.4 Å². The zero-order valence-electron chi connectivity index (χ0n) is 10.2. The van der Waals surface area contributed by atoms with Gasteiger partial charge in [0.25, 0.3) is 0 Å². The van der Waals surface area contributed by atoms with Crippen LogP contribution in [0, 0.1) is 0 Å². The highest BCUT2D eigenvalue weighted by Gasteiger charge is 2.32. The fourth-order valence-corrected chi connectivity index (χ4v) is 2.41. The van der Waals surface area contributed by atoms with E-state index < -0.39 is 13.4 Å². The molecule has 0 aliphatic carbocycles. The molecule has 0 aliphatic rings. The molecular formula is C12H14NO5P. The number of ether oxygens (including phenoxy) is 1. The number of methoxy groups -OCH3 is 1. The standard InChI is InChI=1S/C12H14NO5P/c1-17-10-6-4-9(5-7-10)13-12(19(14,15)16)11-3-2-8-18-11/h2-8,12-13H,1H3,(H2,14,15,16)/t12-/m0/s1. The van der Waals surface area contributed by atoms with Gasteiger partial charge in [0, 0.05) is 5.69 Å². The summed E-state index contributed by atoms with van der Waals surface area (Å²) < 4.78 is 21.6. The maximum atomic E-state index is 11.5. The molecule has 0 unspecified atom stereocenters. The predicted molar refractivity (Wildman–Crippen MR) is 70.1 cm³/mol. The third kappa shape index (κ3) is 3.38. The summed E-state index contributed by atoms with van der Waals surface area (Å²) in [7, 11) is -2.84. The van der Waals surface area contributed by atoms with E-state index in [2.05, 4.69) is 5.32 Å². The molecule has 0 amide bonds. The number of nitrogens with one attached hydrogen (secondary N) is 1. The second-order valence-corrected chi connectivity index (χ2v) is 5.57. The van der Waals surface area contributed by atoms with Crippen molar-refractivity contribution in [2.24, 2.45) is 0 Å². The smallest absolute Gasteiger partial charge is 0.355 e. The average Bonchev–Trinajstić information content (AvgIpc) is 2.88. The van der Waals surface area contributed by atoms with E-state index >= 15 is 0 Å². The number of hydrogen-bond donors (Lipinski definition) is 3. The van der Waals surface area contributed by atoms with E-state index in [-0.39, 0.29) is 5.76 Å². The second kappa shape index (κ2) is 5.48. The monoisotopic (exact) mass is 283 g/mol. The lowest BCUT2D eigenvalue weighted by molar-refractivity contribution is 0.354. The Morgan fingerprint density at radius 3 is 2.42 bits per heavy atom. The number of furan rings is 1. The summed E-state index contributed by atoms with van der Waals surface area (Å²) in [5, 5.41) is 2.76. The van der Waals surface area contributed by atoms with Gasteiger partial charge in [-0.1, -0.05) is 0 Å². The first kappa shape index (κ1) is 13.7. The van der Waals surface area contributed by atoms with Gasteiger partial charge in [-0.3, -0.25) is 4.57 Å². The molecule has 0 saturated heterocycles. The first-order valence-corrected chi connectivity index (χ1v) is 7.18. The van der Waals surface area contributed by atoms with E-state index in [0.29, 0.717) is 11.4 Å². The molecule has 2 aromatic rings. The lowest BCUT2D eigenvalue weighted by Crippen LogP contribution is -2.10. The number of anilines is 1. The SMILES string of the molecule is COc1ccc(N[C@H](c2ccco2)P(=O)(O)O)cc1. The Bertz CT molecular complexity index is 560. The molecule has 0 aliphatic heterocycles. The van der Waals surface area contributed by atoms with Crippen molar-refractivity contribution in [3.05, 3.63) is 48.4 Å². The van der Waals surface area contributed by atoms with Crippen LogP contribution in [0.25, 0.3) is 0 Å². The molecule has 0 spiro atoms. The maximum Gasteiger partial charge on any atom is 0.355 e. The van der Waals surface area contributed by atoms with Gasteiger partial charge in [0.05, 0.1) is 13.4 Å². The summed E-state index contributed by atoms with van der Waals surface area (Å²) in [4.78, 5) is 18.8. The molecule has 19 heavy (non-hydrogen) atoms. The second-order valence-electron chi connectivity index (χ2n) is 3.88. The van der Waals surface area contributed by atoms with Gasteiger partial charge >= 0.3 is 7.60 Å². The van der Waals surface area contributed by atoms with Crippen molar-refractivity contribution in [1.82, 2.24) is 0 Å². The van der Waals surface area contributed by atoms with Crippen LogP contribution in [0.15, 0.2) is 47.1 Å². The van der Waals surface area contributed by atoms with E-state index in [1.54, 1.807) is 37.4 Å². The molecule has 0 bridgehead atoms. The van der Waals surface area contributed by atoms with E-state index in [4.69, 9.17) is 9.15 Å². The molecule has 2 rings (SSSR count). The maximum absolute atomic E-state index is 11.5. The van der Waals surface area contributed by atoms with E-state index in [1.807, 2.05) is 0 Å². The van der Waals surface area contributed by atoms with E-state index in [9.17, 15) is 14.4 Å². The van der Waals surface area contributed by atoms with E-state index in [0.717, 1.165) is 0 Å². The zero-order chi connectivity index (χ0) is 13.9. The molecule has 3 N–H and O–H groups in total. The summed E-state index contributed by atoms with van der Waals surface area (Å²) in [6, 6.07) is 9.82. The van der Waals surface area contributed by atoms with Crippen molar-refractivity contribution in [3.8, 4) is 5.75 Å². The Hall–Kier alpha value is -1.75. The molecule has 7 heteroatoms. The molecule has 102 valence electrons. The summed E-state index contributed by atoms with van der Waals surface area (Å²) in [6.45, 7) is 0. The third-order valence-corrected chi connectivity index (χ3v) is 3.60. The van der Waals surface area contributed by atoms with Crippen LogP contribution in [0.5, 0.6) is 5.75 Å². The minimum Gasteiger partial charge on any atom is -0.497 e. The van der Waals surface area contributed by atoms with Crippen LogP contribution < -0.4 is 10.1 Å². The lowest BCUT2D eigenvalue weighted by atomic mass is 10.3. The first-order chi connectivity index (χ1) is 9.00. The van der Waals surface area contributed by atoms with Crippen LogP contribution in [0.1, 0.15) is 11.5 Å². The largest absolute Gasteiger partial charge is 0.497 e. The fourth-order valence-electron chi connectivity index (χ4n) is 1.61. The van der Waals surface area contributed by atoms with Gasteiger partial charge in [-0.25, -0.2) is 0 Å². The van der Waals surface area contributed by atoms with Crippen LogP contribution in [-0.2, 0) is 4.57 Å². The number of hydrogen-bond acceptors (Lipinski definition) is 4. The van der Waals surface area contributed by atoms with Crippen molar-refractivity contribution >= 4 is 13.3 Å². The van der Waals surface area contributed by atoms with Crippen LogP contribution in [0.3, 0.4) is 0 Å². The minimum atomic E-state index is -4.38. The Morgan fingerprint density at radius 2 is 1.95 bits per heavy atom. The van der Waals surface area contributed by atoms with Crippen LogP contribution in [0.2, 0.25) is 0 Å². The highest BCUT2D eigenvalue weighted by atomic mass is 31.2. The third-order valence-electron chi connectivity index (χ3n) is 2.54. The summed E-state index contributed by atoms with van der Waals surface area (Å²) >= 11 is 0. The van der Waals surface area contributed by atoms with Gasteiger partial charge in [0.2, 0.25) is 0 Å². The topological polar surface area (TPSA) is 91.9 Å². The first-order valence-electron chi connectivity index (χ1n) is 5.50. The number of benzene rings is 1. The van der Waals surface area contributed by atoms with Gasteiger partial charge in [-0.2, -0.15) is 0 Å². The lowest BCUT2D eigenvalue weighted by Gasteiger charge is -2.19. The van der Waals surface area contributed by atoms with Crippen LogP contribution >= 0.6 is 7.60 Å². The van der Waals surface area contributed by atoms with E-state index in [1.165, 1.54) is 12.3 Å². The van der Waals surface area contributed by atoms with Gasteiger partial charge < -0.3 is 24.3 Å². The predicted octanol–water partition coefficient (Wildman–Crippen LogP) is 2.58. The van der Waals surface area contributed by atoms with Crippen molar-refractivity contribution < 1.29 is 23.5 Å². The highest BCUT2D eigenvalue weighted by molar-refractivity contribution is 7.52. The van der Waals surface area contributed by atoms with Crippen molar-refractivity contribution in [1.29, 1.82) is 0 Å². The average molecular weight is 283 g/mol. The Kier molecular flexibility index (Phi) is 3.95. The molecule has 0 radical (unpaired) electrons. The zero-order valence-corrected chi connectivity index (χ0v) is 11.1. The normalized spacial score (nSPS) is 13.0. The molecule has 6 nitrogen and oxygen atoms in total. The molecule has 0 saturated carbocycles. The fraction of sp³-hybridized carbons (Fsp3) is 0.167. The molecule has 1 heterocycles. The van der Waals surface area contributed by atoms with Crippen molar-refractivity contribution in [3.63, 3.8) is 0 Å². The highest BCUT2D eigenvalue weighted by Crippen LogP contribution is 2.51.